The molecule has 1 amide bonds. The average Bonchev–Trinajstić information content (AvgIpc) is 2.69. The molecule has 1 fully saturated rings. The van der Waals surface area contributed by atoms with Crippen LogP contribution in [-0.2, 0) is 16.0 Å². The molecule has 0 bridgehead atoms. The molecule has 27 heavy (non-hydrogen) atoms. The number of unbranched alkanes of at least 4 members (excludes halogenated alkanes) is 2. The number of carboxylic acids is 1. The SMILES string of the molecule is O=C(O)CNC(=O)CCc1ccc(OCCCCCC2CCCCC2)cc1. The lowest BCUT2D eigenvalue weighted by molar-refractivity contribution is -0.137. The second kappa shape index (κ2) is 12.4. The minimum atomic E-state index is -1.03. The molecule has 0 heterocycles. The third-order valence-corrected chi connectivity index (χ3v) is 5.25. The molecule has 0 aliphatic heterocycles. The van der Waals surface area contributed by atoms with E-state index in [1.54, 1.807) is 0 Å². The van der Waals surface area contributed by atoms with E-state index in [9.17, 15) is 9.59 Å². The molecule has 5 heteroatoms. The lowest BCUT2D eigenvalue weighted by Crippen LogP contribution is -2.29. The molecule has 2 N–H and O–H groups in total. The van der Waals surface area contributed by atoms with Crippen LogP contribution in [-0.4, -0.2) is 30.1 Å². The maximum absolute atomic E-state index is 11.5. The Morgan fingerprint density at radius 3 is 2.48 bits per heavy atom. The van der Waals surface area contributed by atoms with Gasteiger partial charge in [-0.25, -0.2) is 0 Å². The number of hydrogen-bond acceptors (Lipinski definition) is 3. The van der Waals surface area contributed by atoms with Crippen LogP contribution in [0.2, 0.25) is 0 Å². The highest BCUT2D eigenvalue weighted by Gasteiger charge is 2.12. The molecular weight excluding hydrogens is 342 g/mol. The van der Waals surface area contributed by atoms with Crippen molar-refractivity contribution in [2.75, 3.05) is 13.2 Å². The number of nitrogens with one attached hydrogen (secondary N) is 1. The topological polar surface area (TPSA) is 75.6 Å². The minimum absolute atomic E-state index is 0.244. The Morgan fingerprint density at radius 2 is 1.78 bits per heavy atom. The molecule has 5 nitrogen and oxygen atoms in total. The highest BCUT2D eigenvalue weighted by molar-refractivity contribution is 5.81. The fourth-order valence-electron chi connectivity index (χ4n) is 3.65. The molecule has 0 aromatic heterocycles. The Hall–Kier alpha value is -2.04. The summed E-state index contributed by atoms with van der Waals surface area (Å²) in [5, 5.41) is 10.9. The fraction of sp³-hybridized carbons (Fsp3) is 0.636. The number of amides is 1. The van der Waals surface area contributed by atoms with Crippen molar-refractivity contribution in [2.45, 2.75) is 70.6 Å². The van der Waals surface area contributed by atoms with Gasteiger partial charge in [0.05, 0.1) is 6.61 Å². The van der Waals surface area contributed by atoms with Crippen LogP contribution < -0.4 is 10.1 Å². The van der Waals surface area contributed by atoms with E-state index in [1.165, 1.54) is 51.4 Å². The van der Waals surface area contributed by atoms with E-state index in [4.69, 9.17) is 9.84 Å². The highest BCUT2D eigenvalue weighted by atomic mass is 16.5. The lowest BCUT2D eigenvalue weighted by atomic mass is 9.86. The van der Waals surface area contributed by atoms with Gasteiger partial charge in [-0.3, -0.25) is 9.59 Å². The highest BCUT2D eigenvalue weighted by Crippen LogP contribution is 2.27. The Bertz CT molecular complexity index is 564. The van der Waals surface area contributed by atoms with Gasteiger partial charge in [0.1, 0.15) is 12.3 Å². The Labute approximate surface area is 162 Å². The normalized spacial score (nSPS) is 14.7. The predicted octanol–water partition coefficient (Wildman–Crippen LogP) is 4.34. The number of rotatable bonds is 12. The van der Waals surface area contributed by atoms with E-state index in [0.717, 1.165) is 30.3 Å². The molecule has 150 valence electrons. The van der Waals surface area contributed by atoms with Gasteiger partial charge in [0.2, 0.25) is 5.91 Å². The summed E-state index contributed by atoms with van der Waals surface area (Å²) >= 11 is 0. The number of benzene rings is 1. The number of carbonyl (C=O) groups is 2. The number of carbonyl (C=O) groups excluding carboxylic acids is 1. The first-order valence-corrected chi connectivity index (χ1v) is 10.3. The monoisotopic (exact) mass is 375 g/mol. The molecule has 0 unspecified atom stereocenters. The van der Waals surface area contributed by atoms with E-state index in [2.05, 4.69) is 5.32 Å². The quantitative estimate of drug-likeness (QED) is 0.533. The minimum Gasteiger partial charge on any atom is -0.494 e. The first-order chi connectivity index (χ1) is 13.1. The number of ether oxygens (including phenoxy) is 1. The molecule has 1 saturated carbocycles. The molecular formula is C22H33NO4. The summed E-state index contributed by atoms with van der Waals surface area (Å²) in [5.41, 5.74) is 1.04. The average molecular weight is 376 g/mol. The molecule has 1 aliphatic carbocycles. The molecule has 0 radical (unpaired) electrons. The van der Waals surface area contributed by atoms with E-state index >= 15 is 0 Å². The number of aryl methyl sites for hydroxylation is 1. The van der Waals surface area contributed by atoms with Gasteiger partial charge in [0.25, 0.3) is 0 Å². The summed E-state index contributed by atoms with van der Waals surface area (Å²) in [7, 11) is 0. The fourth-order valence-corrected chi connectivity index (χ4v) is 3.65. The van der Waals surface area contributed by atoms with Crippen molar-refractivity contribution in [3.05, 3.63) is 29.8 Å². The van der Waals surface area contributed by atoms with E-state index in [1.807, 2.05) is 24.3 Å². The van der Waals surface area contributed by atoms with Gasteiger partial charge in [0.15, 0.2) is 0 Å². The van der Waals surface area contributed by atoms with E-state index in [-0.39, 0.29) is 18.9 Å². The molecule has 1 aromatic rings. The number of carboxylic acid groups (broad SMARTS) is 1. The zero-order valence-electron chi connectivity index (χ0n) is 16.3. The summed E-state index contributed by atoms with van der Waals surface area (Å²) in [6.07, 6.45) is 13.1. The van der Waals surface area contributed by atoms with Crippen LogP contribution in [0.25, 0.3) is 0 Å². The van der Waals surface area contributed by atoms with Crippen molar-refractivity contribution in [1.29, 1.82) is 0 Å². The van der Waals surface area contributed by atoms with Gasteiger partial charge in [-0.15, -0.1) is 0 Å². The molecule has 0 saturated heterocycles. The van der Waals surface area contributed by atoms with Gasteiger partial charge in [0, 0.05) is 6.42 Å². The second-order valence-electron chi connectivity index (χ2n) is 7.52. The van der Waals surface area contributed by atoms with Crippen LogP contribution in [0.4, 0.5) is 0 Å². The molecule has 1 aromatic carbocycles. The smallest absolute Gasteiger partial charge is 0.322 e. The van der Waals surface area contributed by atoms with Gasteiger partial charge < -0.3 is 15.2 Å². The van der Waals surface area contributed by atoms with Gasteiger partial charge in [-0.05, 0) is 36.5 Å². The van der Waals surface area contributed by atoms with Crippen molar-refractivity contribution in [3.63, 3.8) is 0 Å². The van der Waals surface area contributed by atoms with Crippen molar-refractivity contribution < 1.29 is 19.4 Å². The van der Waals surface area contributed by atoms with E-state index < -0.39 is 5.97 Å². The van der Waals surface area contributed by atoms with Crippen molar-refractivity contribution >= 4 is 11.9 Å². The summed E-state index contributed by atoms with van der Waals surface area (Å²) in [5.74, 6) is 0.560. The van der Waals surface area contributed by atoms with Crippen molar-refractivity contribution in [2.24, 2.45) is 5.92 Å². The summed E-state index contributed by atoms with van der Waals surface area (Å²) in [6.45, 7) is 0.424. The molecule has 2 rings (SSSR count). The summed E-state index contributed by atoms with van der Waals surface area (Å²) in [4.78, 5) is 21.9. The Balaban J connectivity index is 1.53. The van der Waals surface area contributed by atoms with E-state index in [0.29, 0.717) is 6.42 Å². The standard InChI is InChI=1S/C22H33NO4/c24-21(23-17-22(25)26)15-12-19-10-13-20(14-11-19)27-16-6-2-5-9-18-7-3-1-4-8-18/h10-11,13-14,18H,1-9,12,15-17H2,(H,23,24)(H,25,26). The zero-order valence-corrected chi connectivity index (χ0v) is 16.3. The summed E-state index contributed by atoms with van der Waals surface area (Å²) in [6, 6.07) is 7.80. The number of hydrogen-bond donors (Lipinski definition) is 2. The van der Waals surface area contributed by atoms with Crippen molar-refractivity contribution in [1.82, 2.24) is 5.32 Å². The predicted molar refractivity (Wildman–Crippen MR) is 106 cm³/mol. The maximum atomic E-state index is 11.5. The lowest BCUT2D eigenvalue weighted by Gasteiger charge is -2.21. The van der Waals surface area contributed by atoms with Crippen LogP contribution >= 0.6 is 0 Å². The summed E-state index contributed by atoms with van der Waals surface area (Å²) < 4.78 is 5.80. The third-order valence-electron chi connectivity index (χ3n) is 5.25. The maximum Gasteiger partial charge on any atom is 0.322 e. The van der Waals surface area contributed by atoms with Crippen LogP contribution in [0.3, 0.4) is 0 Å². The second-order valence-corrected chi connectivity index (χ2v) is 7.52. The largest absolute Gasteiger partial charge is 0.494 e. The third kappa shape index (κ3) is 9.45. The Kier molecular flexibility index (Phi) is 9.74. The van der Waals surface area contributed by atoms with Crippen LogP contribution in [0.15, 0.2) is 24.3 Å². The van der Waals surface area contributed by atoms with Gasteiger partial charge in [-0.2, -0.15) is 0 Å². The first-order valence-electron chi connectivity index (χ1n) is 10.3. The van der Waals surface area contributed by atoms with Crippen LogP contribution in [0, 0.1) is 5.92 Å². The van der Waals surface area contributed by atoms with Crippen LogP contribution in [0.5, 0.6) is 5.75 Å². The van der Waals surface area contributed by atoms with Gasteiger partial charge in [-0.1, -0.05) is 63.5 Å². The van der Waals surface area contributed by atoms with Crippen molar-refractivity contribution in [3.8, 4) is 5.75 Å². The van der Waals surface area contributed by atoms with Crippen LogP contribution in [0.1, 0.15) is 69.8 Å². The molecule has 1 aliphatic rings. The first kappa shape index (κ1) is 21.3. The molecule has 0 spiro atoms. The Morgan fingerprint density at radius 1 is 1.04 bits per heavy atom. The molecule has 0 atom stereocenters. The number of aliphatic carboxylic acids is 1. The zero-order chi connectivity index (χ0) is 19.3. The van der Waals surface area contributed by atoms with Gasteiger partial charge >= 0.3 is 5.97 Å².